The Hall–Kier alpha value is -2.04. The lowest BCUT2D eigenvalue weighted by Crippen LogP contribution is -2.36. The molecule has 0 amide bonds. The maximum absolute atomic E-state index is 8.90. The van der Waals surface area contributed by atoms with E-state index >= 15 is 0 Å². The van der Waals surface area contributed by atoms with E-state index in [1.54, 1.807) is 19.0 Å². The lowest BCUT2D eigenvalue weighted by Gasteiger charge is -2.20. The van der Waals surface area contributed by atoms with Gasteiger partial charge in [0.25, 0.3) is 0 Å². The number of hydrogen-bond donors (Lipinski definition) is 1. The Balaban J connectivity index is 2.17. The number of ether oxygens (including phenoxy) is 1. The van der Waals surface area contributed by atoms with Crippen molar-refractivity contribution in [2.45, 2.75) is 13.2 Å². The molecule has 84 valence electrons. The van der Waals surface area contributed by atoms with Crippen LogP contribution in [0.1, 0.15) is 6.92 Å². The van der Waals surface area contributed by atoms with Crippen LogP contribution in [0.25, 0.3) is 0 Å². The SMILES string of the molecule is CC1=NN(C)[C@@H](Oc2ccccc2)/C1=N\O. The number of hydrazone groups is 1. The maximum Gasteiger partial charge on any atom is 0.235 e. The number of para-hydroxylation sites is 1. The van der Waals surface area contributed by atoms with Gasteiger partial charge >= 0.3 is 0 Å². The van der Waals surface area contributed by atoms with Crippen LogP contribution < -0.4 is 4.74 Å². The molecule has 0 fully saturated rings. The average molecular weight is 219 g/mol. The van der Waals surface area contributed by atoms with Crippen molar-refractivity contribution >= 4 is 11.4 Å². The summed E-state index contributed by atoms with van der Waals surface area (Å²) in [6.07, 6.45) is -0.465. The molecule has 1 aliphatic heterocycles. The smallest absolute Gasteiger partial charge is 0.235 e. The van der Waals surface area contributed by atoms with Crippen LogP contribution in [0.4, 0.5) is 0 Å². The molecule has 5 heteroatoms. The lowest BCUT2D eigenvalue weighted by molar-refractivity contribution is 0.111. The van der Waals surface area contributed by atoms with Crippen molar-refractivity contribution in [1.29, 1.82) is 0 Å². The summed E-state index contributed by atoms with van der Waals surface area (Å²) in [5.41, 5.74) is 1.09. The predicted molar refractivity (Wildman–Crippen MR) is 61.0 cm³/mol. The van der Waals surface area contributed by atoms with Crippen molar-refractivity contribution in [3.63, 3.8) is 0 Å². The summed E-state index contributed by atoms with van der Waals surface area (Å²) in [5, 5.41) is 17.9. The molecular formula is C11H13N3O2. The normalized spacial score (nSPS) is 22.4. The van der Waals surface area contributed by atoms with E-state index in [1.807, 2.05) is 30.3 Å². The van der Waals surface area contributed by atoms with Gasteiger partial charge in [-0.3, -0.25) is 5.01 Å². The van der Waals surface area contributed by atoms with Crippen LogP contribution in [0.2, 0.25) is 0 Å². The van der Waals surface area contributed by atoms with E-state index in [9.17, 15) is 0 Å². The highest BCUT2D eigenvalue weighted by molar-refractivity contribution is 6.44. The van der Waals surface area contributed by atoms with E-state index in [-0.39, 0.29) is 0 Å². The van der Waals surface area contributed by atoms with Gasteiger partial charge in [-0.25, -0.2) is 0 Å². The van der Waals surface area contributed by atoms with Gasteiger partial charge in [0.2, 0.25) is 6.23 Å². The van der Waals surface area contributed by atoms with Crippen LogP contribution in [0, 0.1) is 0 Å². The molecule has 0 saturated carbocycles. The molecule has 1 heterocycles. The van der Waals surface area contributed by atoms with E-state index in [2.05, 4.69) is 10.3 Å². The summed E-state index contributed by atoms with van der Waals surface area (Å²) >= 11 is 0. The topological polar surface area (TPSA) is 57.4 Å². The third-order valence-corrected chi connectivity index (χ3v) is 2.35. The number of nitrogens with zero attached hydrogens (tertiary/aromatic N) is 3. The molecule has 1 aromatic carbocycles. The van der Waals surface area contributed by atoms with Crippen molar-refractivity contribution in [2.75, 3.05) is 7.05 Å². The standard InChI is InChI=1S/C11H13N3O2/c1-8-10(13-15)11(14(2)12-8)16-9-6-4-3-5-7-9/h3-7,11,15H,1-2H3/b13-10-/t11-/m0/s1. The fourth-order valence-corrected chi connectivity index (χ4v) is 1.58. The van der Waals surface area contributed by atoms with Gasteiger partial charge in [-0.15, -0.1) is 0 Å². The maximum atomic E-state index is 8.90. The Bertz CT molecular complexity index is 428. The molecule has 1 aliphatic rings. The van der Waals surface area contributed by atoms with E-state index in [1.165, 1.54) is 0 Å². The molecule has 16 heavy (non-hydrogen) atoms. The van der Waals surface area contributed by atoms with Crippen LogP contribution in [-0.4, -0.2) is 34.9 Å². The van der Waals surface area contributed by atoms with Gasteiger partial charge in [0.15, 0.2) is 5.71 Å². The minimum absolute atomic E-state index is 0.436. The Morgan fingerprint density at radius 3 is 2.69 bits per heavy atom. The van der Waals surface area contributed by atoms with Gasteiger partial charge in [0.05, 0.1) is 5.71 Å². The van der Waals surface area contributed by atoms with Crippen LogP contribution in [0.15, 0.2) is 40.6 Å². The highest BCUT2D eigenvalue weighted by Gasteiger charge is 2.31. The minimum atomic E-state index is -0.465. The van der Waals surface area contributed by atoms with Crippen molar-refractivity contribution in [3.05, 3.63) is 30.3 Å². The van der Waals surface area contributed by atoms with E-state index in [0.717, 1.165) is 0 Å². The molecular weight excluding hydrogens is 206 g/mol. The predicted octanol–water partition coefficient (Wildman–Crippen LogP) is 1.54. The fourth-order valence-electron chi connectivity index (χ4n) is 1.58. The first-order chi connectivity index (χ1) is 7.72. The summed E-state index contributed by atoms with van der Waals surface area (Å²) in [4.78, 5) is 0. The van der Waals surface area contributed by atoms with Gasteiger partial charge < -0.3 is 9.94 Å². The van der Waals surface area contributed by atoms with Crippen molar-refractivity contribution in [1.82, 2.24) is 5.01 Å². The molecule has 0 unspecified atom stereocenters. The van der Waals surface area contributed by atoms with Crippen LogP contribution in [0.5, 0.6) is 5.75 Å². The molecule has 0 aromatic heterocycles. The van der Waals surface area contributed by atoms with Gasteiger partial charge in [0, 0.05) is 7.05 Å². The van der Waals surface area contributed by atoms with Crippen molar-refractivity contribution < 1.29 is 9.94 Å². The molecule has 0 radical (unpaired) electrons. The molecule has 1 aromatic rings. The zero-order valence-electron chi connectivity index (χ0n) is 9.16. The first-order valence-corrected chi connectivity index (χ1v) is 4.94. The number of hydrogen-bond acceptors (Lipinski definition) is 5. The largest absolute Gasteiger partial charge is 0.463 e. The second-order valence-electron chi connectivity index (χ2n) is 3.53. The van der Waals surface area contributed by atoms with Gasteiger partial charge in [0.1, 0.15) is 5.75 Å². The van der Waals surface area contributed by atoms with Crippen molar-refractivity contribution in [3.8, 4) is 5.75 Å². The quantitative estimate of drug-likeness (QED) is 0.606. The summed E-state index contributed by atoms with van der Waals surface area (Å²) in [7, 11) is 1.77. The van der Waals surface area contributed by atoms with Crippen LogP contribution in [0.3, 0.4) is 0 Å². The molecule has 0 saturated heterocycles. The van der Waals surface area contributed by atoms with E-state index in [4.69, 9.17) is 9.94 Å². The third-order valence-electron chi connectivity index (χ3n) is 2.35. The first kappa shape index (κ1) is 10.5. The molecule has 0 spiro atoms. The van der Waals surface area contributed by atoms with Gasteiger partial charge in [-0.2, -0.15) is 5.10 Å². The highest BCUT2D eigenvalue weighted by Crippen LogP contribution is 2.17. The van der Waals surface area contributed by atoms with Crippen LogP contribution >= 0.6 is 0 Å². The molecule has 1 atom stereocenters. The molecule has 2 rings (SSSR count). The Morgan fingerprint density at radius 2 is 2.06 bits per heavy atom. The lowest BCUT2D eigenvalue weighted by atomic mass is 10.2. The number of rotatable bonds is 2. The fraction of sp³-hybridized carbons (Fsp3) is 0.273. The first-order valence-electron chi connectivity index (χ1n) is 4.94. The summed E-state index contributed by atoms with van der Waals surface area (Å²) in [6, 6.07) is 9.36. The zero-order valence-corrected chi connectivity index (χ0v) is 9.16. The van der Waals surface area contributed by atoms with Crippen LogP contribution in [-0.2, 0) is 0 Å². The average Bonchev–Trinajstić information content (AvgIpc) is 2.55. The Labute approximate surface area is 93.6 Å². The Kier molecular flexibility index (Phi) is 2.76. The second-order valence-corrected chi connectivity index (χ2v) is 3.53. The second kappa shape index (κ2) is 4.22. The number of oxime groups is 1. The van der Waals surface area contributed by atoms with E-state index < -0.39 is 6.23 Å². The summed E-state index contributed by atoms with van der Waals surface area (Å²) < 4.78 is 5.68. The molecule has 5 nitrogen and oxygen atoms in total. The zero-order chi connectivity index (χ0) is 11.5. The van der Waals surface area contributed by atoms with Gasteiger partial charge in [-0.05, 0) is 19.1 Å². The summed E-state index contributed by atoms with van der Waals surface area (Å²) in [6.45, 7) is 1.78. The van der Waals surface area contributed by atoms with Gasteiger partial charge in [-0.1, -0.05) is 23.4 Å². The van der Waals surface area contributed by atoms with E-state index in [0.29, 0.717) is 17.2 Å². The third kappa shape index (κ3) is 1.84. The minimum Gasteiger partial charge on any atom is -0.463 e. The highest BCUT2D eigenvalue weighted by atomic mass is 16.5. The molecule has 0 aliphatic carbocycles. The Morgan fingerprint density at radius 1 is 1.38 bits per heavy atom. The van der Waals surface area contributed by atoms with Crippen molar-refractivity contribution in [2.24, 2.45) is 10.3 Å². The molecule has 0 bridgehead atoms. The monoisotopic (exact) mass is 219 g/mol. The molecule has 1 N–H and O–H groups in total. The number of benzene rings is 1. The summed E-state index contributed by atoms with van der Waals surface area (Å²) in [5.74, 6) is 0.713.